The van der Waals surface area contributed by atoms with Crippen molar-refractivity contribution in [2.75, 3.05) is 33.2 Å². The number of nitrogens with one attached hydrogen (secondary N) is 1. The van der Waals surface area contributed by atoms with E-state index in [4.69, 9.17) is 0 Å². The van der Waals surface area contributed by atoms with Crippen molar-refractivity contribution < 1.29 is 4.79 Å². The first-order valence-electron chi connectivity index (χ1n) is 8.13. The molecule has 1 aromatic rings. The second kappa shape index (κ2) is 7.23. The smallest absolute Gasteiger partial charge is 0.178 e. The maximum Gasteiger partial charge on any atom is 0.178 e. The van der Waals surface area contributed by atoms with E-state index in [9.17, 15) is 4.79 Å². The molecule has 0 amide bonds. The van der Waals surface area contributed by atoms with E-state index in [1.165, 1.54) is 18.5 Å². The lowest BCUT2D eigenvalue weighted by atomic mass is 9.97. The summed E-state index contributed by atoms with van der Waals surface area (Å²) in [7, 11) is 2.00. The van der Waals surface area contributed by atoms with Crippen molar-refractivity contribution in [1.82, 2.24) is 14.8 Å². The van der Waals surface area contributed by atoms with Gasteiger partial charge in [0.25, 0.3) is 0 Å². The van der Waals surface area contributed by atoms with E-state index < -0.39 is 0 Å². The summed E-state index contributed by atoms with van der Waals surface area (Å²) in [5.74, 6) is 0.951. The molecule has 118 valence electrons. The molecular weight excluding hydrogens is 262 g/mol. The lowest BCUT2D eigenvalue weighted by Crippen LogP contribution is -2.41. The molecule has 4 nitrogen and oxygen atoms in total. The quantitative estimate of drug-likeness (QED) is 0.817. The fourth-order valence-electron chi connectivity index (χ4n) is 3.61. The Bertz CT molecular complexity index is 490. The van der Waals surface area contributed by atoms with Crippen LogP contribution in [0.5, 0.6) is 0 Å². The summed E-state index contributed by atoms with van der Waals surface area (Å²) in [5.41, 5.74) is 3.21. The van der Waals surface area contributed by atoms with Gasteiger partial charge in [0.1, 0.15) is 0 Å². The molecule has 0 saturated carbocycles. The molecule has 1 saturated heterocycles. The van der Waals surface area contributed by atoms with Gasteiger partial charge in [-0.15, -0.1) is 0 Å². The maximum atomic E-state index is 12.6. The molecule has 0 spiro atoms. The second-order valence-electron chi connectivity index (χ2n) is 6.25. The number of carbonyl (C=O) groups is 1. The van der Waals surface area contributed by atoms with Gasteiger partial charge in [0.15, 0.2) is 5.78 Å². The molecule has 4 heteroatoms. The fraction of sp³-hybridized carbons (Fsp3) is 0.706. The van der Waals surface area contributed by atoms with Gasteiger partial charge in [0, 0.05) is 30.0 Å². The molecule has 1 N–H and O–H groups in total. The first-order chi connectivity index (χ1) is 10.1. The Morgan fingerprint density at radius 2 is 2.19 bits per heavy atom. The van der Waals surface area contributed by atoms with Crippen LogP contribution in [-0.4, -0.2) is 48.5 Å². The first kappa shape index (κ1) is 16.2. The lowest BCUT2D eigenvalue weighted by molar-refractivity contribution is 0.0886. The van der Waals surface area contributed by atoms with E-state index in [1.807, 2.05) is 7.05 Å². The molecule has 1 aliphatic heterocycles. The van der Waals surface area contributed by atoms with Crippen LogP contribution in [0.4, 0.5) is 0 Å². The molecule has 1 unspecified atom stereocenters. The molecule has 2 rings (SSSR count). The fourth-order valence-corrected chi connectivity index (χ4v) is 3.61. The molecule has 0 bridgehead atoms. The van der Waals surface area contributed by atoms with Crippen molar-refractivity contribution >= 4 is 5.78 Å². The van der Waals surface area contributed by atoms with Crippen molar-refractivity contribution in [2.45, 2.75) is 40.2 Å². The number of Topliss-reactive ketones (excluding diaryl/α,β-unsaturated/α-hetero) is 1. The molecule has 1 aromatic heterocycles. The Kier molecular flexibility index (Phi) is 5.59. The Morgan fingerprint density at radius 1 is 1.43 bits per heavy atom. The van der Waals surface area contributed by atoms with Gasteiger partial charge in [-0.3, -0.25) is 9.69 Å². The summed E-state index contributed by atoms with van der Waals surface area (Å²) < 4.78 is 2.22. The van der Waals surface area contributed by atoms with Gasteiger partial charge in [0.05, 0.1) is 6.54 Å². The highest BCUT2D eigenvalue weighted by molar-refractivity contribution is 5.99. The van der Waals surface area contributed by atoms with Gasteiger partial charge < -0.3 is 9.88 Å². The molecular formula is C17H29N3O. The highest BCUT2D eigenvalue weighted by Gasteiger charge is 2.23. The van der Waals surface area contributed by atoms with Crippen LogP contribution in [0.1, 0.15) is 41.5 Å². The maximum absolute atomic E-state index is 12.6. The van der Waals surface area contributed by atoms with Crippen LogP contribution in [0.3, 0.4) is 0 Å². The van der Waals surface area contributed by atoms with Crippen molar-refractivity contribution in [3.63, 3.8) is 0 Å². The minimum atomic E-state index is 0.271. The van der Waals surface area contributed by atoms with Crippen LogP contribution in [0, 0.1) is 19.8 Å². The summed E-state index contributed by atoms with van der Waals surface area (Å²) in [5, 5.41) is 3.26. The summed E-state index contributed by atoms with van der Waals surface area (Å²) in [6.45, 7) is 10.9. The third-order valence-electron chi connectivity index (χ3n) is 4.65. The molecule has 1 fully saturated rings. The minimum absolute atomic E-state index is 0.271. The van der Waals surface area contributed by atoms with Crippen molar-refractivity contribution in [3.8, 4) is 0 Å². The van der Waals surface area contributed by atoms with Crippen LogP contribution in [0.15, 0.2) is 6.07 Å². The Morgan fingerprint density at radius 3 is 2.81 bits per heavy atom. The second-order valence-corrected chi connectivity index (χ2v) is 6.25. The van der Waals surface area contributed by atoms with Gasteiger partial charge in [-0.2, -0.15) is 0 Å². The Hall–Kier alpha value is -1.13. The van der Waals surface area contributed by atoms with Crippen molar-refractivity contribution in [1.29, 1.82) is 0 Å². The number of rotatable bonds is 6. The zero-order chi connectivity index (χ0) is 15.4. The summed E-state index contributed by atoms with van der Waals surface area (Å²) in [4.78, 5) is 14.9. The van der Waals surface area contributed by atoms with Crippen LogP contribution >= 0.6 is 0 Å². The van der Waals surface area contributed by atoms with Crippen molar-refractivity contribution in [3.05, 3.63) is 23.0 Å². The number of aryl methyl sites for hydroxylation is 1. The van der Waals surface area contributed by atoms with Gasteiger partial charge in [-0.05, 0) is 65.7 Å². The number of ketones is 1. The topological polar surface area (TPSA) is 37.3 Å². The zero-order valence-corrected chi connectivity index (χ0v) is 13.9. The first-order valence-corrected chi connectivity index (χ1v) is 8.13. The molecule has 1 aliphatic rings. The van der Waals surface area contributed by atoms with E-state index in [0.717, 1.165) is 37.4 Å². The number of carbonyl (C=O) groups excluding carboxylic acids is 1. The van der Waals surface area contributed by atoms with Gasteiger partial charge in [0.2, 0.25) is 0 Å². The number of hydrogen-bond donors (Lipinski definition) is 1. The summed E-state index contributed by atoms with van der Waals surface area (Å²) in [6, 6.07) is 2.05. The molecule has 0 aliphatic carbocycles. The highest BCUT2D eigenvalue weighted by Crippen LogP contribution is 2.19. The molecule has 2 heterocycles. The number of aromatic nitrogens is 1. The standard InChI is InChI=1S/C17H29N3O/c1-5-20-13(2)9-16(14(20)3)17(21)12-19-8-6-7-15(11-19)10-18-4/h9,15,18H,5-8,10-12H2,1-4H3. The molecule has 21 heavy (non-hydrogen) atoms. The normalized spacial score (nSPS) is 19.9. The average molecular weight is 291 g/mol. The zero-order valence-electron chi connectivity index (χ0n) is 13.9. The van der Waals surface area contributed by atoms with Gasteiger partial charge >= 0.3 is 0 Å². The number of piperidine rings is 1. The highest BCUT2D eigenvalue weighted by atomic mass is 16.1. The number of nitrogens with zero attached hydrogens (tertiary/aromatic N) is 2. The minimum Gasteiger partial charge on any atom is -0.349 e. The van der Waals surface area contributed by atoms with Crippen molar-refractivity contribution in [2.24, 2.45) is 5.92 Å². The summed E-state index contributed by atoms with van der Waals surface area (Å²) in [6.07, 6.45) is 2.48. The molecule has 0 radical (unpaired) electrons. The van der Waals surface area contributed by atoms with Crippen LogP contribution in [-0.2, 0) is 6.54 Å². The average Bonchev–Trinajstić information content (AvgIpc) is 2.74. The Labute approximate surface area is 128 Å². The van der Waals surface area contributed by atoms with Gasteiger partial charge in [-0.25, -0.2) is 0 Å². The van der Waals surface area contributed by atoms with E-state index in [0.29, 0.717) is 12.5 Å². The van der Waals surface area contributed by atoms with E-state index in [2.05, 4.69) is 41.6 Å². The van der Waals surface area contributed by atoms with E-state index in [1.54, 1.807) is 0 Å². The largest absolute Gasteiger partial charge is 0.349 e. The predicted octanol–water partition coefficient (Wildman–Crippen LogP) is 2.24. The molecule has 1 atom stereocenters. The number of hydrogen-bond acceptors (Lipinski definition) is 3. The van der Waals surface area contributed by atoms with Crippen LogP contribution < -0.4 is 5.32 Å². The Balaban J connectivity index is 2.01. The van der Waals surface area contributed by atoms with Gasteiger partial charge in [-0.1, -0.05) is 0 Å². The monoisotopic (exact) mass is 291 g/mol. The third kappa shape index (κ3) is 3.74. The lowest BCUT2D eigenvalue weighted by Gasteiger charge is -2.32. The van der Waals surface area contributed by atoms with Crippen LogP contribution in [0.2, 0.25) is 0 Å². The summed E-state index contributed by atoms with van der Waals surface area (Å²) >= 11 is 0. The van der Waals surface area contributed by atoms with E-state index in [-0.39, 0.29) is 5.78 Å². The van der Waals surface area contributed by atoms with Crippen LogP contribution in [0.25, 0.3) is 0 Å². The predicted molar refractivity (Wildman–Crippen MR) is 87.0 cm³/mol. The number of likely N-dealkylation sites (tertiary alicyclic amines) is 1. The SMILES string of the molecule is CCn1c(C)cc(C(=O)CN2CCCC(CNC)C2)c1C. The third-order valence-corrected chi connectivity index (χ3v) is 4.65. The molecule has 0 aromatic carbocycles. The van der Waals surface area contributed by atoms with E-state index >= 15 is 0 Å².